The smallest absolute Gasteiger partial charge is 0.124 e. The Bertz CT molecular complexity index is 774. The second kappa shape index (κ2) is 6.22. The van der Waals surface area contributed by atoms with Crippen LogP contribution in [0.4, 0.5) is 11.4 Å². The molecule has 22 heavy (non-hydrogen) atoms. The van der Waals surface area contributed by atoms with Gasteiger partial charge in [0.05, 0.1) is 10.7 Å². The van der Waals surface area contributed by atoms with E-state index in [9.17, 15) is 5.26 Å². The van der Waals surface area contributed by atoms with Gasteiger partial charge in [0, 0.05) is 10.6 Å². The van der Waals surface area contributed by atoms with Gasteiger partial charge in [-0.25, -0.2) is 0 Å². The maximum atomic E-state index is 9.47. The second-order valence-corrected chi connectivity index (χ2v) is 6.32. The molecule has 108 valence electrons. The zero-order valence-electron chi connectivity index (χ0n) is 11.9. The predicted octanol–water partition coefficient (Wildman–Crippen LogP) is 4.69. The van der Waals surface area contributed by atoms with E-state index < -0.39 is 0 Å². The molecule has 1 heterocycles. The summed E-state index contributed by atoms with van der Waals surface area (Å²) in [5, 5.41) is 16.6. The quantitative estimate of drug-likeness (QED) is 0.477. The van der Waals surface area contributed by atoms with Crippen LogP contribution in [0.1, 0.15) is 5.56 Å². The highest BCUT2D eigenvalue weighted by atomic mass is 32.2. The zero-order chi connectivity index (χ0) is 15.5. The Morgan fingerprint density at radius 2 is 1.91 bits per heavy atom. The van der Waals surface area contributed by atoms with Crippen molar-refractivity contribution in [3.8, 4) is 6.07 Å². The van der Waals surface area contributed by atoms with Crippen LogP contribution in [0.15, 0.2) is 64.0 Å². The third-order valence-corrected chi connectivity index (χ3v) is 4.62. The summed E-state index contributed by atoms with van der Waals surface area (Å²) in [4.78, 5) is 1.53. The van der Waals surface area contributed by atoms with Crippen molar-refractivity contribution in [3.05, 3.63) is 64.7 Å². The van der Waals surface area contributed by atoms with Gasteiger partial charge in [0.2, 0.25) is 0 Å². The molecule has 0 aliphatic carbocycles. The fourth-order valence-corrected chi connectivity index (χ4v) is 3.40. The third kappa shape index (κ3) is 2.98. The fraction of sp³-hybridized carbons (Fsp3) is 0.0588. The average molecular weight is 323 g/mol. The van der Waals surface area contributed by atoms with Gasteiger partial charge >= 0.3 is 0 Å². The van der Waals surface area contributed by atoms with Gasteiger partial charge in [-0.05, 0) is 31.2 Å². The first-order valence-corrected chi connectivity index (χ1v) is 7.96. The number of anilines is 2. The maximum Gasteiger partial charge on any atom is 0.124 e. The number of thiocarbonyl (C=S) groups is 1. The lowest BCUT2D eigenvalue weighted by Crippen LogP contribution is -2.13. The van der Waals surface area contributed by atoms with Crippen LogP contribution < -0.4 is 10.6 Å². The Labute approximate surface area is 139 Å². The predicted molar refractivity (Wildman–Crippen MR) is 96.0 cm³/mol. The lowest BCUT2D eigenvalue weighted by molar-refractivity contribution is 1.44. The van der Waals surface area contributed by atoms with Crippen LogP contribution in [0, 0.1) is 18.3 Å². The van der Waals surface area contributed by atoms with Crippen LogP contribution in [0.25, 0.3) is 0 Å². The number of thioether (sulfide) groups is 1. The molecule has 0 bridgehead atoms. The van der Waals surface area contributed by atoms with Crippen molar-refractivity contribution < 1.29 is 0 Å². The van der Waals surface area contributed by atoms with Gasteiger partial charge in [-0.2, -0.15) is 5.26 Å². The number of aryl methyl sites for hydroxylation is 1. The summed E-state index contributed by atoms with van der Waals surface area (Å²) in [6, 6.07) is 18.1. The summed E-state index contributed by atoms with van der Waals surface area (Å²) < 4.78 is 0. The topological polar surface area (TPSA) is 47.9 Å². The molecule has 1 aliphatic heterocycles. The largest absolute Gasteiger partial charge is 0.348 e. The highest BCUT2D eigenvalue weighted by Crippen LogP contribution is 2.42. The number of benzene rings is 2. The van der Waals surface area contributed by atoms with Crippen molar-refractivity contribution in [2.45, 2.75) is 11.8 Å². The summed E-state index contributed by atoms with van der Waals surface area (Å²) in [6.07, 6.45) is 0. The maximum absolute atomic E-state index is 9.47. The van der Waals surface area contributed by atoms with Crippen LogP contribution in [0.3, 0.4) is 0 Å². The first kappa shape index (κ1) is 14.6. The number of nitrogens with zero attached hydrogens (tertiary/aromatic N) is 1. The molecule has 2 aromatic rings. The molecule has 0 saturated carbocycles. The Morgan fingerprint density at radius 1 is 1.18 bits per heavy atom. The lowest BCUT2D eigenvalue weighted by Gasteiger charge is -2.09. The number of para-hydroxylation sites is 1. The van der Waals surface area contributed by atoms with E-state index in [0.717, 1.165) is 21.3 Å². The Balaban J connectivity index is 1.83. The Kier molecular flexibility index (Phi) is 4.14. The van der Waals surface area contributed by atoms with E-state index in [1.165, 1.54) is 17.3 Å². The van der Waals surface area contributed by atoms with Gasteiger partial charge < -0.3 is 10.6 Å². The Morgan fingerprint density at radius 3 is 2.59 bits per heavy atom. The van der Waals surface area contributed by atoms with Crippen molar-refractivity contribution in [1.29, 1.82) is 5.26 Å². The minimum Gasteiger partial charge on any atom is -0.348 e. The average Bonchev–Trinajstić information content (AvgIpc) is 2.94. The van der Waals surface area contributed by atoms with E-state index in [1.807, 2.05) is 55.5 Å². The standard InChI is InChI=1S/C17H13N3S2/c1-11-6-8-12(9-7-11)19-16(21)13(10-18)17-20-14-4-2-3-5-15(14)22-17/h2-9,20H,1H3,(H,19,21). The molecule has 0 aromatic heterocycles. The van der Waals surface area contributed by atoms with Crippen molar-refractivity contribution in [1.82, 2.24) is 0 Å². The van der Waals surface area contributed by atoms with Gasteiger partial charge in [-0.15, -0.1) is 0 Å². The third-order valence-electron chi connectivity index (χ3n) is 3.22. The Hall–Kier alpha value is -2.29. The van der Waals surface area contributed by atoms with Crippen molar-refractivity contribution in [3.63, 3.8) is 0 Å². The van der Waals surface area contributed by atoms with Crippen LogP contribution in [0.2, 0.25) is 0 Å². The molecule has 2 N–H and O–H groups in total. The summed E-state index contributed by atoms with van der Waals surface area (Å²) in [7, 11) is 0. The molecule has 1 aliphatic rings. The van der Waals surface area contributed by atoms with Gasteiger partial charge in [-0.1, -0.05) is 53.8 Å². The molecule has 0 amide bonds. The molecule has 3 rings (SSSR count). The fourth-order valence-electron chi connectivity index (χ4n) is 2.07. The first-order chi connectivity index (χ1) is 10.7. The van der Waals surface area contributed by atoms with Crippen molar-refractivity contribution >= 4 is 40.3 Å². The zero-order valence-corrected chi connectivity index (χ0v) is 13.5. The minimum atomic E-state index is 0.425. The monoisotopic (exact) mass is 323 g/mol. The van der Waals surface area contributed by atoms with Crippen molar-refractivity contribution in [2.75, 3.05) is 10.6 Å². The summed E-state index contributed by atoms with van der Waals surface area (Å²) in [5.41, 5.74) is 3.52. The number of hydrogen-bond acceptors (Lipinski definition) is 4. The summed E-state index contributed by atoms with van der Waals surface area (Å²) >= 11 is 6.92. The summed E-state index contributed by atoms with van der Waals surface area (Å²) in [5.74, 6) is 0. The molecule has 5 heteroatoms. The highest BCUT2D eigenvalue weighted by molar-refractivity contribution is 8.03. The summed E-state index contributed by atoms with van der Waals surface area (Å²) in [6.45, 7) is 2.03. The number of rotatable bonds is 2. The number of nitriles is 1. The molecular formula is C17H13N3S2. The van der Waals surface area contributed by atoms with Crippen LogP contribution in [0.5, 0.6) is 0 Å². The van der Waals surface area contributed by atoms with E-state index in [1.54, 1.807) is 0 Å². The van der Waals surface area contributed by atoms with E-state index in [2.05, 4.69) is 16.7 Å². The van der Waals surface area contributed by atoms with Gasteiger partial charge in [0.15, 0.2) is 0 Å². The van der Waals surface area contributed by atoms with E-state index >= 15 is 0 Å². The van der Waals surface area contributed by atoms with E-state index in [0.29, 0.717) is 10.6 Å². The normalized spacial score (nSPS) is 14.5. The second-order valence-electron chi connectivity index (χ2n) is 4.86. The number of nitrogens with one attached hydrogen (secondary N) is 2. The van der Waals surface area contributed by atoms with Crippen molar-refractivity contribution in [2.24, 2.45) is 0 Å². The van der Waals surface area contributed by atoms with E-state index in [-0.39, 0.29) is 0 Å². The minimum absolute atomic E-state index is 0.425. The first-order valence-electron chi connectivity index (χ1n) is 6.73. The number of fused-ring (bicyclic) bond motifs is 1. The molecule has 0 atom stereocenters. The molecule has 0 spiro atoms. The van der Waals surface area contributed by atoms with Crippen LogP contribution in [-0.4, -0.2) is 4.99 Å². The SMILES string of the molecule is Cc1ccc(NC(=S)C(C#N)=C2Nc3ccccc3S2)cc1. The highest BCUT2D eigenvalue weighted by Gasteiger charge is 2.21. The van der Waals surface area contributed by atoms with Crippen LogP contribution >= 0.6 is 24.0 Å². The molecule has 0 radical (unpaired) electrons. The van der Waals surface area contributed by atoms with Crippen LogP contribution in [-0.2, 0) is 0 Å². The van der Waals surface area contributed by atoms with Gasteiger partial charge in [-0.3, -0.25) is 0 Å². The molecule has 2 aromatic carbocycles. The number of hydrogen-bond donors (Lipinski definition) is 2. The lowest BCUT2D eigenvalue weighted by atomic mass is 10.2. The molecule has 3 nitrogen and oxygen atoms in total. The van der Waals surface area contributed by atoms with Gasteiger partial charge in [0.25, 0.3) is 0 Å². The molecule has 0 unspecified atom stereocenters. The molecule has 0 saturated heterocycles. The molecule has 0 fully saturated rings. The van der Waals surface area contributed by atoms with E-state index in [4.69, 9.17) is 12.2 Å². The molecular weight excluding hydrogens is 310 g/mol. The van der Waals surface area contributed by atoms with Gasteiger partial charge in [0.1, 0.15) is 16.6 Å².